The number of hydrogen-bond acceptors (Lipinski definition) is 3. The monoisotopic (exact) mass is 302 g/mol. The van der Waals surface area contributed by atoms with Crippen molar-refractivity contribution in [2.45, 2.75) is 6.04 Å². The fourth-order valence-corrected chi connectivity index (χ4v) is 1.83. The lowest BCUT2D eigenvalue weighted by atomic mass is 10.0. The Balaban J connectivity index is 2.50. The van der Waals surface area contributed by atoms with E-state index in [0.29, 0.717) is 5.69 Å². The molecule has 0 aliphatic heterocycles. The van der Waals surface area contributed by atoms with Gasteiger partial charge in [0, 0.05) is 12.6 Å². The van der Waals surface area contributed by atoms with Crippen molar-refractivity contribution in [1.82, 2.24) is 15.0 Å². The van der Waals surface area contributed by atoms with Gasteiger partial charge in [-0.1, -0.05) is 0 Å². The molecule has 1 aromatic heterocycles. The summed E-state index contributed by atoms with van der Waals surface area (Å²) in [7, 11) is 1.60. The zero-order valence-corrected chi connectivity index (χ0v) is 10.4. The summed E-state index contributed by atoms with van der Waals surface area (Å²) in [5.74, 6) is -1.42. The van der Waals surface area contributed by atoms with Gasteiger partial charge >= 0.3 is 0 Å². The van der Waals surface area contributed by atoms with E-state index >= 15 is 0 Å². The average molecular weight is 303 g/mol. The first-order chi connectivity index (χ1) is 8.00. The van der Waals surface area contributed by atoms with Gasteiger partial charge < -0.3 is 5.73 Å². The first kappa shape index (κ1) is 12.1. The second-order valence-electron chi connectivity index (χ2n) is 3.49. The molecule has 2 rings (SSSR count). The Kier molecular flexibility index (Phi) is 3.21. The van der Waals surface area contributed by atoms with Gasteiger partial charge in [-0.05, 0) is 28.1 Å². The molecule has 0 aliphatic rings. The second-order valence-corrected chi connectivity index (χ2v) is 4.35. The highest BCUT2D eigenvalue weighted by atomic mass is 79.9. The van der Waals surface area contributed by atoms with E-state index in [1.807, 2.05) is 0 Å². The van der Waals surface area contributed by atoms with Crippen molar-refractivity contribution in [1.29, 1.82) is 0 Å². The lowest BCUT2D eigenvalue weighted by Gasteiger charge is -2.12. The number of benzene rings is 1. The van der Waals surface area contributed by atoms with E-state index in [1.165, 1.54) is 17.1 Å². The van der Waals surface area contributed by atoms with Gasteiger partial charge in [0.1, 0.15) is 17.3 Å². The van der Waals surface area contributed by atoms with Gasteiger partial charge in [-0.15, -0.1) is 0 Å². The minimum atomic E-state index is -0.985. The van der Waals surface area contributed by atoms with Crippen LogP contribution in [0.3, 0.4) is 0 Å². The third-order valence-electron chi connectivity index (χ3n) is 2.33. The van der Waals surface area contributed by atoms with Crippen LogP contribution < -0.4 is 5.73 Å². The first-order valence-electron chi connectivity index (χ1n) is 4.76. The summed E-state index contributed by atoms with van der Waals surface area (Å²) in [5, 5.41) is 7.74. The van der Waals surface area contributed by atoms with Gasteiger partial charge in [-0.2, -0.15) is 15.0 Å². The molecule has 2 N–H and O–H groups in total. The van der Waals surface area contributed by atoms with Crippen LogP contribution in [-0.4, -0.2) is 15.0 Å². The van der Waals surface area contributed by atoms with E-state index in [4.69, 9.17) is 5.73 Å². The number of halogens is 3. The molecule has 0 fully saturated rings. The van der Waals surface area contributed by atoms with Crippen molar-refractivity contribution in [3.05, 3.63) is 45.7 Å². The molecule has 0 aliphatic carbocycles. The zero-order chi connectivity index (χ0) is 12.6. The van der Waals surface area contributed by atoms with Gasteiger partial charge in [0.25, 0.3) is 0 Å². The van der Waals surface area contributed by atoms with Crippen molar-refractivity contribution < 1.29 is 8.78 Å². The molecule has 0 bridgehead atoms. The van der Waals surface area contributed by atoms with E-state index in [9.17, 15) is 8.78 Å². The van der Waals surface area contributed by atoms with E-state index < -0.39 is 17.7 Å². The summed E-state index contributed by atoms with van der Waals surface area (Å²) in [5.41, 5.74) is 5.87. The van der Waals surface area contributed by atoms with E-state index in [-0.39, 0.29) is 10.0 Å². The SMILES string of the molecule is Cn1ncc(C(N)c2c(F)ccc(Br)c2F)n1. The van der Waals surface area contributed by atoms with E-state index in [1.54, 1.807) is 7.05 Å². The molecular formula is C10H9BrF2N4. The summed E-state index contributed by atoms with van der Waals surface area (Å²) in [6, 6.07) is 1.46. The predicted octanol–water partition coefficient (Wildman–Crippen LogP) is 1.90. The summed E-state index contributed by atoms with van der Waals surface area (Å²) in [6.45, 7) is 0. The van der Waals surface area contributed by atoms with Crippen LogP contribution in [-0.2, 0) is 7.05 Å². The third kappa shape index (κ3) is 2.20. The summed E-state index contributed by atoms with van der Waals surface area (Å²) in [6.07, 6.45) is 1.38. The maximum Gasteiger partial charge on any atom is 0.145 e. The molecule has 1 unspecified atom stereocenters. The number of nitrogens with zero attached hydrogens (tertiary/aromatic N) is 3. The molecule has 0 saturated carbocycles. The van der Waals surface area contributed by atoms with Crippen LogP contribution >= 0.6 is 15.9 Å². The Morgan fingerprint density at radius 3 is 2.71 bits per heavy atom. The third-order valence-corrected chi connectivity index (χ3v) is 2.94. The number of nitrogens with two attached hydrogens (primary N) is 1. The van der Waals surface area contributed by atoms with E-state index in [2.05, 4.69) is 26.1 Å². The molecule has 0 saturated heterocycles. The second kappa shape index (κ2) is 4.50. The normalized spacial score (nSPS) is 12.8. The summed E-state index contributed by atoms with van der Waals surface area (Å²) >= 11 is 2.99. The van der Waals surface area contributed by atoms with Crippen LogP contribution in [0.15, 0.2) is 22.8 Å². The van der Waals surface area contributed by atoms with Gasteiger partial charge in [0.2, 0.25) is 0 Å². The minimum absolute atomic E-state index is 0.160. The minimum Gasteiger partial charge on any atom is -0.319 e. The van der Waals surface area contributed by atoms with Gasteiger partial charge in [-0.25, -0.2) is 8.78 Å². The van der Waals surface area contributed by atoms with Crippen LogP contribution in [0.1, 0.15) is 17.3 Å². The highest BCUT2D eigenvalue weighted by Gasteiger charge is 2.22. The smallest absolute Gasteiger partial charge is 0.145 e. The molecule has 2 aromatic rings. The van der Waals surface area contributed by atoms with Gasteiger partial charge in [0.05, 0.1) is 16.7 Å². The van der Waals surface area contributed by atoms with Crippen molar-refractivity contribution in [2.75, 3.05) is 0 Å². The standard InChI is InChI=1S/C10H9BrF2N4/c1-17-15-4-7(16-17)10(14)8-6(12)3-2-5(11)9(8)13/h2-4,10H,14H2,1H3. The zero-order valence-electron chi connectivity index (χ0n) is 8.86. The Bertz CT molecular complexity index is 555. The first-order valence-corrected chi connectivity index (χ1v) is 5.55. The van der Waals surface area contributed by atoms with Gasteiger partial charge in [-0.3, -0.25) is 0 Å². The predicted molar refractivity (Wildman–Crippen MR) is 61.1 cm³/mol. The summed E-state index contributed by atoms with van der Waals surface area (Å²) < 4.78 is 27.5. The Labute approximate surface area is 105 Å². The topological polar surface area (TPSA) is 56.7 Å². The molecule has 4 nitrogen and oxygen atoms in total. The van der Waals surface area contributed by atoms with Crippen molar-refractivity contribution in [2.24, 2.45) is 12.8 Å². The molecule has 17 heavy (non-hydrogen) atoms. The van der Waals surface area contributed by atoms with E-state index in [0.717, 1.165) is 6.07 Å². The lowest BCUT2D eigenvalue weighted by molar-refractivity contribution is 0.534. The van der Waals surface area contributed by atoms with Crippen LogP contribution in [0, 0.1) is 11.6 Å². The molecule has 90 valence electrons. The van der Waals surface area contributed by atoms with Crippen LogP contribution in [0.25, 0.3) is 0 Å². The lowest BCUT2D eigenvalue weighted by Crippen LogP contribution is -2.16. The molecular weight excluding hydrogens is 294 g/mol. The van der Waals surface area contributed by atoms with Crippen molar-refractivity contribution in [3.63, 3.8) is 0 Å². The number of aryl methyl sites for hydroxylation is 1. The number of hydrogen-bond donors (Lipinski definition) is 1. The number of aromatic nitrogens is 3. The number of rotatable bonds is 2. The van der Waals surface area contributed by atoms with Crippen LogP contribution in [0.4, 0.5) is 8.78 Å². The molecule has 0 spiro atoms. The molecule has 1 atom stereocenters. The molecule has 7 heteroatoms. The highest BCUT2D eigenvalue weighted by molar-refractivity contribution is 9.10. The highest BCUT2D eigenvalue weighted by Crippen LogP contribution is 2.28. The quantitative estimate of drug-likeness (QED) is 0.862. The molecule has 1 aromatic carbocycles. The van der Waals surface area contributed by atoms with Crippen molar-refractivity contribution in [3.8, 4) is 0 Å². The molecule has 0 amide bonds. The molecule has 0 radical (unpaired) electrons. The average Bonchev–Trinajstić information content (AvgIpc) is 2.71. The Hall–Kier alpha value is -1.34. The Morgan fingerprint density at radius 2 is 2.12 bits per heavy atom. The molecule has 1 heterocycles. The van der Waals surface area contributed by atoms with Crippen LogP contribution in [0.2, 0.25) is 0 Å². The maximum atomic E-state index is 13.8. The Morgan fingerprint density at radius 1 is 1.41 bits per heavy atom. The summed E-state index contributed by atoms with van der Waals surface area (Å²) in [4.78, 5) is 1.28. The fourth-order valence-electron chi connectivity index (χ4n) is 1.48. The van der Waals surface area contributed by atoms with Crippen LogP contribution in [0.5, 0.6) is 0 Å². The van der Waals surface area contributed by atoms with Gasteiger partial charge in [0.15, 0.2) is 0 Å². The van der Waals surface area contributed by atoms with Crippen molar-refractivity contribution >= 4 is 15.9 Å². The fraction of sp³-hybridized carbons (Fsp3) is 0.200. The largest absolute Gasteiger partial charge is 0.319 e. The maximum absolute atomic E-state index is 13.8.